The summed E-state index contributed by atoms with van der Waals surface area (Å²) < 4.78 is 9.14. The van der Waals surface area contributed by atoms with Crippen LogP contribution < -0.4 is 16.8 Å². The third-order valence-electron chi connectivity index (χ3n) is 5.99. The van der Waals surface area contributed by atoms with Gasteiger partial charge in [0.2, 0.25) is 11.9 Å². The molecule has 14 nitrogen and oxygen atoms in total. The number of hydrogen-bond acceptors (Lipinski definition) is 8. The summed E-state index contributed by atoms with van der Waals surface area (Å²) in [6.45, 7) is 4.90. The molecular weight excluding hydrogens is 620 g/mol. The maximum absolute atomic E-state index is 12.1. The molecule has 0 saturated carbocycles. The van der Waals surface area contributed by atoms with E-state index in [1.807, 2.05) is 6.08 Å². The number of carboxylic acid groups (broad SMARTS) is 1. The Hall–Kier alpha value is -4.72. The first-order valence-corrected chi connectivity index (χ1v) is 15.8. The number of carbonyl (C=O) groups is 4. The zero-order chi connectivity index (χ0) is 36.8. The van der Waals surface area contributed by atoms with Crippen molar-refractivity contribution in [3.8, 4) is 0 Å². The first kappa shape index (κ1) is 45.4. The van der Waals surface area contributed by atoms with Gasteiger partial charge in [-0.25, -0.2) is 4.79 Å². The van der Waals surface area contributed by atoms with Gasteiger partial charge in [0.1, 0.15) is 6.10 Å². The fourth-order valence-electron chi connectivity index (χ4n) is 3.26. The van der Waals surface area contributed by atoms with Crippen LogP contribution in [0.5, 0.6) is 0 Å². The third-order valence-corrected chi connectivity index (χ3v) is 5.99. The minimum Gasteiger partial charge on any atom is -0.465 e. The Morgan fingerprint density at radius 1 is 0.875 bits per heavy atom. The van der Waals surface area contributed by atoms with Crippen LogP contribution in [0, 0.1) is 10.8 Å². The lowest BCUT2D eigenvalue weighted by Crippen LogP contribution is -2.46. The van der Waals surface area contributed by atoms with E-state index in [1.54, 1.807) is 27.9 Å². The molecule has 0 aromatic heterocycles. The molecule has 48 heavy (non-hydrogen) atoms. The molecule has 0 radical (unpaired) electrons. The van der Waals surface area contributed by atoms with Crippen LogP contribution in [-0.2, 0) is 23.9 Å². The Balaban J connectivity index is 0. The Labute approximate surface area is 284 Å². The highest BCUT2D eigenvalue weighted by Gasteiger charge is 2.35. The lowest BCUT2D eigenvalue weighted by Gasteiger charge is -2.29. The molecule has 0 aliphatic carbocycles. The number of ether oxygens (including phenoxy) is 2. The van der Waals surface area contributed by atoms with E-state index in [2.05, 4.69) is 76.7 Å². The third kappa shape index (κ3) is 28.7. The molecule has 8 N–H and O–H groups in total. The van der Waals surface area contributed by atoms with Crippen molar-refractivity contribution < 1.29 is 38.9 Å². The van der Waals surface area contributed by atoms with Crippen LogP contribution in [0.1, 0.15) is 78.6 Å². The van der Waals surface area contributed by atoms with Crippen molar-refractivity contribution in [2.45, 2.75) is 84.7 Å². The summed E-state index contributed by atoms with van der Waals surface area (Å²) in [5, 5.41) is 28.0. The minimum absolute atomic E-state index is 0.0509. The number of esters is 2. The number of nitrogens with two attached hydrogens (primary N) is 2. The number of amides is 1. The van der Waals surface area contributed by atoms with Gasteiger partial charge < -0.3 is 41.4 Å². The lowest BCUT2D eigenvalue weighted by atomic mass is 9.87. The maximum Gasteiger partial charge on any atom is 0.513 e. The normalized spacial score (nSPS) is 12.2. The molecule has 0 rings (SSSR count). The van der Waals surface area contributed by atoms with Gasteiger partial charge >= 0.3 is 18.1 Å². The van der Waals surface area contributed by atoms with Crippen molar-refractivity contribution in [2.24, 2.45) is 21.9 Å². The first-order chi connectivity index (χ1) is 22.6. The number of unbranched alkanes of at least 4 members (excludes halogenated alkanes) is 1. The van der Waals surface area contributed by atoms with Crippen LogP contribution in [-0.4, -0.2) is 84.4 Å². The van der Waals surface area contributed by atoms with Gasteiger partial charge in [0.15, 0.2) is 5.96 Å². The summed E-state index contributed by atoms with van der Waals surface area (Å²) in [6.07, 6.45) is 24.0. The number of aliphatic hydroxyl groups excluding tert-OH is 1. The van der Waals surface area contributed by atoms with Gasteiger partial charge in [0.25, 0.3) is 0 Å². The van der Waals surface area contributed by atoms with Crippen molar-refractivity contribution in [1.82, 2.24) is 10.2 Å². The Bertz CT molecular complexity index is 1150. The standard InChI is InChI=1S/C30H45NO8.C4H11N5/c1-4-5-6-7-8-9-10-11-12-13-14-15-16-17-18-19-20-21-25(32)38-24-30(2,3)27(34)28(35)31-23-22-26(33)39-29(36)37;1-9(2)4(7)8-3(5)6/h5-6,8-9,11-12,14-15,17-18,27,34H,4,7,10,13,16,19-24H2,1-3H3,(H,31,35)(H,36,37);1-2H3,(H5,5,6,7,8)/b6-5-,9-8-,12-11-,15-14-,18-17-;/t27-;/m0./s1. The topological polar surface area (TPSA) is 231 Å². The van der Waals surface area contributed by atoms with E-state index in [-0.39, 0.29) is 37.9 Å². The molecule has 0 aliphatic rings. The van der Waals surface area contributed by atoms with Crippen LogP contribution in [0.25, 0.3) is 0 Å². The van der Waals surface area contributed by atoms with Crippen LogP contribution in [0.2, 0.25) is 0 Å². The number of hydrogen-bond donors (Lipinski definition) is 6. The van der Waals surface area contributed by atoms with Gasteiger partial charge in [-0.1, -0.05) is 81.5 Å². The zero-order valence-corrected chi connectivity index (χ0v) is 29.0. The molecule has 0 bridgehead atoms. The van der Waals surface area contributed by atoms with Crippen LogP contribution in [0.4, 0.5) is 4.79 Å². The molecule has 0 aliphatic heterocycles. The molecule has 270 valence electrons. The Kier molecular flexibility index (Phi) is 27.0. The molecule has 0 heterocycles. The van der Waals surface area contributed by atoms with E-state index in [0.29, 0.717) is 6.42 Å². The second kappa shape index (κ2) is 28.5. The molecule has 0 spiro atoms. The van der Waals surface area contributed by atoms with Crippen LogP contribution >= 0.6 is 0 Å². The number of allylic oxidation sites excluding steroid dienone is 10. The van der Waals surface area contributed by atoms with Crippen molar-refractivity contribution in [1.29, 1.82) is 5.41 Å². The molecule has 0 unspecified atom stereocenters. The summed E-state index contributed by atoms with van der Waals surface area (Å²) in [5.41, 5.74) is 8.92. The SMILES string of the molecule is CC/C=C\C/C=C\C/C=C\C/C=C\C/C=C\CCCC(=O)OCC(C)(C)[C@@H](O)C(=O)NCCC(=O)OC(=O)O.CN(C)C(=N)N=C(N)N. The summed E-state index contributed by atoms with van der Waals surface area (Å²) in [6, 6.07) is 0. The number of guanidine groups is 2. The highest BCUT2D eigenvalue weighted by molar-refractivity contribution is 5.91. The zero-order valence-electron chi connectivity index (χ0n) is 29.0. The lowest BCUT2D eigenvalue weighted by molar-refractivity contribution is -0.153. The molecule has 14 heteroatoms. The number of carbonyl (C=O) groups excluding carboxylic acids is 3. The van der Waals surface area contributed by atoms with Gasteiger partial charge in [-0.05, 0) is 44.9 Å². The quantitative estimate of drug-likeness (QED) is 0.0265. The highest BCUT2D eigenvalue weighted by atomic mass is 16.7. The average Bonchev–Trinajstić information content (AvgIpc) is 3.00. The molecule has 0 aromatic rings. The molecule has 0 fully saturated rings. The number of nitrogens with one attached hydrogen (secondary N) is 2. The summed E-state index contributed by atoms with van der Waals surface area (Å²) in [7, 11) is 3.38. The molecule has 1 amide bonds. The van der Waals surface area contributed by atoms with E-state index < -0.39 is 35.5 Å². The molecule has 0 aromatic carbocycles. The monoisotopic (exact) mass is 676 g/mol. The van der Waals surface area contributed by atoms with E-state index in [9.17, 15) is 24.3 Å². The van der Waals surface area contributed by atoms with Gasteiger partial charge in [-0.3, -0.25) is 19.8 Å². The first-order valence-electron chi connectivity index (χ1n) is 15.8. The minimum atomic E-state index is -1.73. The van der Waals surface area contributed by atoms with E-state index in [0.717, 1.165) is 38.5 Å². The average molecular weight is 677 g/mol. The van der Waals surface area contributed by atoms with Crippen LogP contribution in [0.3, 0.4) is 0 Å². The molecule has 1 atom stereocenters. The number of aliphatic hydroxyl groups is 1. The van der Waals surface area contributed by atoms with Gasteiger partial charge in [-0.2, -0.15) is 4.99 Å². The van der Waals surface area contributed by atoms with E-state index in [1.165, 1.54) is 4.90 Å². The van der Waals surface area contributed by atoms with Crippen molar-refractivity contribution >= 4 is 35.9 Å². The van der Waals surface area contributed by atoms with Gasteiger partial charge in [0, 0.05) is 32.5 Å². The number of aliphatic imine (C=N–C) groups is 1. The summed E-state index contributed by atoms with van der Waals surface area (Å²) in [5.74, 6) is -2.24. The van der Waals surface area contributed by atoms with Crippen molar-refractivity contribution in [2.75, 3.05) is 27.2 Å². The second-order valence-electron chi connectivity index (χ2n) is 11.2. The smallest absolute Gasteiger partial charge is 0.465 e. The fraction of sp³-hybridized carbons (Fsp3) is 0.529. The number of nitrogens with zero attached hydrogens (tertiary/aromatic N) is 2. The molecule has 0 saturated heterocycles. The van der Waals surface area contributed by atoms with Gasteiger partial charge in [-0.15, -0.1) is 0 Å². The molecular formula is C34H56N6O8. The van der Waals surface area contributed by atoms with E-state index >= 15 is 0 Å². The maximum atomic E-state index is 12.1. The predicted octanol–water partition coefficient (Wildman–Crippen LogP) is 4.32. The summed E-state index contributed by atoms with van der Waals surface area (Å²) in [4.78, 5) is 50.5. The fourth-order valence-corrected chi connectivity index (χ4v) is 3.26. The Morgan fingerprint density at radius 3 is 1.81 bits per heavy atom. The highest BCUT2D eigenvalue weighted by Crippen LogP contribution is 2.22. The van der Waals surface area contributed by atoms with Gasteiger partial charge in [0.05, 0.1) is 13.0 Å². The second-order valence-corrected chi connectivity index (χ2v) is 11.2. The van der Waals surface area contributed by atoms with Crippen molar-refractivity contribution in [3.63, 3.8) is 0 Å². The predicted molar refractivity (Wildman–Crippen MR) is 188 cm³/mol. The largest absolute Gasteiger partial charge is 0.513 e. The van der Waals surface area contributed by atoms with Crippen LogP contribution in [0.15, 0.2) is 65.8 Å². The Morgan fingerprint density at radius 2 is 1.38 bits per heavy atom. The van der Waals surface area contributed by atoms with E-state index in [4.69, 9.17) is 26.7 Å². The van der Waals surface area contributed by atoms with Crippen molar-refractivity contribution in [3.05, 3.63) is 60.8 Å². The summed E-state index contributed by atoms with van der Waals surface area (Å²) >= 11 is 0. The number of rotatable bonds is 20.